The summed E-state index contributed by atoms with van der Waals surface area (Å²) in [6, 6.07) is 12.9. The Labute approximate surface area is 157 Å². The third kappa shape index (κ3) is 3.41. The molecule has 0 saturated heterocycles. The molecule has 0 unspecified atom stereocenters. The highest BCUT2D eigenvalue weighted by molar-refractivity contribution is 6.30. The number of halogens is 2. The fourth-order valence-corrected chi connectivity index (χ4v) is 3.03. The van der Waals surface area contributed by atoms with E-state index in [1.54, 1.807) is 28.7 Å². The molecule has 136 valence electrons. The van der Waals surface area contributed by atoms with E-state index in [1.165, 1.54) is 18.5 Å². The van der Waals surface area contributed by atoms with Crippen LogP contribution < -0.4 is 10.9 Å². The molecule has 0 aliphatic carbocycles. The molecule has 0 bridgehead atoms. The number of hydrogen-bond acceptors (Lipinski definition) is 3. The van der Waals surface area contributed by atoms with Crippen LogP contribution in [-0.2, 0) is 17.9 Å². The summed E-state index contributed by atoms with van der Waals surface area (Å²) in [6.07, 6.45) is 1.45. The predicted octanol–water partition coefficient (Wildman–Crippen LogP) is 2.76. The molecule has 27 heavy (non-hydrogen) atoms. The highest BCUT2D eigenvalue weighted by Gasteiger charge is 2.12. The van der Waals surface area contributed by atoms with Crippen LogP contribution in [-0.4, -0.2) is 20.1 Å². The lowest BCUT2D eigenvalue weighted by molar-refractivity contribution is -0.122. The summed E-state index contributed by atoms with van der Waals surface area (Å²) in [4.78, 5) is 24.8. The molecule has 1 amide bonds. The Bertz CT molecular complexity index is 1210. The van der Waals surface area contributed by atoms with E-state index in [4.69, 9.17) is 11.6 Å². The second kappa shape index (κ2) is 6.85. The van der Waals surface area contributed by atoms with Crippen molar-refractivity contribution in [1.82, 2.24) is 19.5 Å². The van der Waals surface area contributed by atoms with Gasteiger partial charge in [-0.15, -0.1) is 0 Å². The van der Waals surface area contributed by atoms with Gasteiger partial charge in [-0.05, 0) is 42.0 Å². The van der Waals surface area contributed by atoms with Crippen LogP contribution >= 0.6 is 11.6 Å². The molecule has 0 fully saturated rings. The smallest absolute Gasteiger partial charge is 0.291 e. The van der Waals surface area contributed by atoms with Gasteiger partial charge in [0.2, 0.25) is 5.91 Å². The Morgan fingerprint density at radius 2 is 1.89 bits per heavy atom. The second-order valence-corrected chi connectivity index (χ2v) is 6.54. The molecule has 0 radical (unpaired) electrons. The molecule has 0 aliphatic rings. The molecular formula is C19H14ClFN4O2. The molecule has 2 aromatic carbocycles. The number of amides is 1. The lowest BCUT2D eigenvalue weighted by atomic mass is 10.2. The van der Waals surface area contributed by atoms with Gasteiger partial charge in [0.05, 0.1) is 5.52 Å². The summed E-state index contributed by atoms with van der Waals surface area (Å²) in [5.74, 6) is -0.723. The third-order valence-electron chi connectivity index (χ3n) is 4.26. The molecule has 2 aromatic heterocycles. The summed E-state index contributed by atoms with van der Waals surface area (Å²) in [5, 5.41) is 8.01. The third-order valence-corrected chi connectivity index (χ3v) is 4.51. The minimum atomic E-state index is -0.421. The molecule has 6 nitrogen and oxygen atoms in total. The first-order valence-electron chi connectivity index (χ1n) is 8.19. The zero-order valence-corrected chi connectivity index (χ0v) is 14.8. The first-order chi connectivity index (χ1) is 13.0. The van der Waals surface area contributed by atoms with E-state index < -0.39 is 5.56 Å². The summed E-state index contributed by atoms with van der Waals surface area (Å²) < 4.78 is 16.1. The second-order valence-electron chi connectivity index (χ2n) is 6.10. The Hall–Kier alpha value is -3.19. The molecule has 1 N–H and O–H groups in total. The molecule has 0 aliphatic heterocycles. The van der Waals surface area contributed by atoms with E-state index >= 15 is 0 Å². The monoisotopic (exact) mass is 384 g/mol. The number of fused-ring (bicyclic) bond motifs is 3. The van der Waals surface area contributed by atoms with Gasteiger partial charge >= 0.3 is 0 Å². The van der Waals surface area contributed by atoms with Gasteiger partial charge in [0.25, 0.3) is 5.56 Å². The van der Waals surface area contributed by atoms with Crippen molar-refractivity contribution in [1.29, 1.82) is 0 Å². The zero-order chi connectivity index (χ0) is 19.0. The average molecular weight is 385 g/mol. The van der Waals surface area contributed by atoms with Crippen LogP contribution in [0.3, 0.4) is 0 Å². The Balaban J connectivity index is 1.55. The van der Waals surface area contributed by atoms with Crippen molar-refractivity contribution < 1.29 is 9.18 Å². The fourth-order valence-electron chi connectivity index (χ4n) is 2.90. The number of nitrogens with zero attached hydrogens (tertiary/aromatic N) is 3. The molecular weight excluding hydrogens is 371 g/mol. The van der Waals surface area contributed by atoms with Gasteiger partial charge in [-0.2, -0.15) is 5.10 Å². The van der Waals surface area contributed by atoms with E-state index in [9.17, 15) is 14.0 Å². The molecule has 4 aromatic rings. The van der Waals surface area contributed by atoms with Gasteiger partial charge in [-0.3, -0.25) is 14.0 Å². The number of rotatable bonds is 4. The molecule has 8 heteroatoms. The Morgan fingerprint density at radius 3 is 2.67 bits per heavy atom. The van der Waals surface area contributed by atoms with E-state index in [0.29, 0.717) is 28.0 Å². The van der Waals surface area contributed by atoms with Crippen LogP contribution in [0.1, 0.15) is 5.56 Å². The average Bonchev–Trinajstić information content (AvgIpc) is 3.02. The Morgan fingerprint density at radius 1 is 1.11 bits per heavy atom. The first kappa shape index (κ1) is 17.2. The largest absolute Gasteiger partial charge is 0.350 e. The highest BCUT2D eigenvalue weighted by atomic mass is 35.5. The van der Waals surface area contributed by atoms with Gasteiger partial charge < -0.3 is 5.32 Å². The number of aromatic nitrogens is 3. The summed E-state index contributed by atoms with van der Waals surface area (Å²) in [5.41, 5.74) is 1.48. The highest BCUT2D eigenvalue weighted by Crippen LogP contribution is 2.18. The van der Waals surface area contributed by atoms with Crippen LogP contribution in [0.5, 0.6) is 0 Å². The van der Waals surface area contributed by atoms with Crippen molar-refractivity contribution in [3.8, 4) is 0 Å². The number of carbonyl (C=O) groups is 1. The number of hydrogen-bond donors (Lipinski definition) is 1. The maximum Gasteiger partial charge on any atom is 0.291 e. The van der Waals surface area contributed by atoms with Gasteiger partial charge in [-0.1, -0.05) is 23.7 Å². The van der Waals surface area contributed by atoms with E-state index in [0.717, 1.165) is 10.2 Å². The number of nitrogens with one attached hydrogen (secondary N) is 1. The number of carbonyl (C=O) groups excluding carboxylic acids is 1. The molecule has 0 saturated carbocycles. The molecule has 2 heterocycles. The zero-order valence-electron chi connectivity index (χ0n) is 14.0. The number of benzene rings is 2. The van der Waals surface area contributed by atoms with Gasteiger partial charge in [0, 0.05) is 17.0 Å². The maximum absolute atomic E-state index is 13.4. The van der Waals surface area contributed by atoms with Crippen LogP contribution in [0.15, 0.2) is 59.7 Å². The standard InChI is InChI=1S/C19H14ClFN4O2/c20-14-3-1-12(2-4-14)9-22-18(26)10-25-19(27)17-8-13-7-15(21)5-6-16(13)24(17)11-23-25/h1-8,11H,9-10H2,(H,22,26). The quantitative estimate of drug-likeness (QED) is 0.588. The lowest BCUT2D eigenvalue weighted by Crippen LogP contribution is -2.33. The van der Waals surface area contributed by atoms with Gasteiger partial charge in [0.15, 0.2) is 0 Å². The van der Waals surface area contributed by atoms with Crippen molar-refractivity contribution in [3.63, 3.8) is 0 Å². The van der Waals surface area contributed by atoms with Crippen LogP contribution in [0.2, 0.25) is 5.02 Å². The van der Waals surface area contributed by atoms with E-state index in [-0.39, 0.29) is 18.3 Å². The van der Waals surface area contributed by atoms with Crippen LogP contribution in [0.25, 0.3) is 16.4 Å². The molecule has 0 atom stereocenters. The van der Waals surface area contributed by atoms with Crippen molar-refractivity contribution in [2.45, 2.75) is 13.1 Å². The van der Waals surface area contributed by atoms with Gasteiger partial charge in [-0.25, -0.2) is 9.07 Å². The first-order valence-corrected chi connectivity index (χ1v) is 8.57. The summed E-state index contributed by atoms with van der Waals surface area (Å²) in [7, 11) is 0. The maximum atomic E-state index is 13.4. The van der Waals surface area contributed by atoms with E-state index in [1.807, 2.05) is 12.1 Å². The van der Waals surface area contributed by atoms with Crippen LogP contribution in [0.4, 0.5) is 4.39 Å². The lowest BCUT2D eigenvalue weighted by Gasteiger charge is -2.07. The molecule has 0 spiro atoms. The topological polar surface area (TPSA) is 68.4 Å². The summed E-state index contributed by atoms with van der Waals surface area (Å²) in [6.45, 7) is 0.111. The van der Waals surface area contributed by atoms with Crippen LogP contribution in [0, 0.1) is 5.82 Å². The molecule has 4 rings (SSSR count). The minimum Gasteiger partial charge on any atom is -0.350 e. The van der Waals surface area contributed by atoms with Crippen molar-refractivity contribution in [3.05, 3.63) is 81.6 Å². The van der Waals surface area contributed by atoms with E-state index in [2.05, 4.69) is 10.4 Å². The predicted molar refractivity (Wildman–Crippen MR) is 100 cm³/mol. The van der Waals surface area contributed by atoms with Crippen molar-refractivity contribution in [2.24, 2.45) is 0 Å². The van der Waals surface area contributed by atoms with Crippen molar-refractivity contribution in [2.75, 3.05) is 0 Å². The normalized spacial score (nSPS) is 11.2. The fraction of sp³-hybridized carbons (Fsp3) is 0.105. The summed E-state index contributed by atoms with van der Waals surface area (Å²) >= 11 is 5.83. The van der Waals surface area contributed by atoms with Crippen molar-refractivity contribution >= 4 is 33.9 Å². The minimum absolute atomic E-state index is 0.210. The Kier molecular flexibility index (Phi) is 4.37. The SMILES string of the molecule is O=C(Cn1ncn2c(cc3cc(F)ccc32)c1=O)NCc1ccc(Cl)cc1. The van der Waals surface area contributed by atoms with Gasteiger partial charge in [0.1, 0.15) is 24.2 Å².